The second kappa shape index (κ2) is 6.52. The highest BCUT2D eigenvalue weighted by Crippen LogP contribution is 2.29. The van der Waals surface area contributed by atoms with Crippen LogP contribution in [0.15, 0.2) is 44.3 Å². The number of halogens is 2. The van der Waals surface area contributed by atoms with Crippen molar-refractivity contribution in [3.63, 3.8) is 0 Å². The van der Waals surface area contributed by atoms with Gasteiger partial charge in [0.15, 0.2) is 4.67 Å². The summed E-state index contributed by atoms with van der Waals surface area (Å²) < 4.78 is 31.8. The van der Waals surface area contributed by atoms with Crippen LogP contribution < -0.4 is 0 Å². The lowest BCUT2D eigenvalue weighted by Crippen LogP contribution is -2.26. The number of hydrogen-bond acceptors (Lipinski definition) is 3. The van der Waals surface area contributed by atoms with Gasteiger partial charge in [0.25, 0.3) is 0 Å². The molecule has 0 N–H and O–H groups in total. The van der Waals surface area contributed by atoms with Crippen molar-refractivity contribution >= 4 is 37.6 Å². The van der Waals surface area contributed by atoms with E-state index >= 15 is 0 Å². The van der Waals surface area contributed by atoms with Gasteiger partial charge in [-0.2, -0.15) is 4.31 Å². The average molecular weight is 393 g/mol. The number of alkyl halides is 1. The minimum Gasteiger partial charge on any atom is -0.452 e. The highest BCUT2D eigenvalue weighted by atomic mass is 79.9. The molecule has 0 aliphatic heterocycles. The first-order valence-corrected chi connectivity index (χ1v) is 8.97. The van der Waals surface area contributed by atoms with Crippen molar-refractivity contribution in [2.45, 2.75) is 24.2 Å². The predicted molar refractivity (Wildman–Crippen MR) is 85.8 cm³/mol. The Bertz CT molecular complexity index is 725. The Morgan fingerprint density at radius 1 is 1.29 bits per heavy atom. The molecular formula is C14H15BrClNO3S. The number of furan rings is 1. The van der Waals surface area contributed by atoms with Crippen LogP contribution >= 0.6 is 27.5 Å². The van der Waals surface area contributed by atoms with Crippen LogP contribution in [0.25, 0.3) is 0 Å². The third kappa shape index (κ3) is 3.69. The van der Waals surface area contributed by atoms with Gasteiger partial charge in [0, 0.05) is 19.7 Å². The molecule has 0 fully saturated rings. The minimum atomic E-state index is -3.63. The summed E-state index contributed by atoms with van der Waals surface area (Å²) in [6.07, 6.45) is 0. The molecule has 2 aromatic rings. The molecule has 0 saturated heterocycles. The summed E-state index contributed by atoms with van der Waals surface area (Å²) in [7, 11) is -2.10. The average Bonchev–Trinajstić information content (AvgIpc) is 2.83. The summed E-state index contributed by atoms with van der Waals surface area (Å²) in [6.45, 7) is 2.27. The fraction of sp³-hybridized carbons (Fsp3) is 0.286. The monoisotopic (exact) mass is 391 g/mol. The number of sulfonamides is 1. The lowest BCUT2D eigenvalue weighted by Gasteiger charge is -2.16. The fourth-order valence-electron chi connectivity index (χ4n) is 1.84. The molecule has 0 radical (unpaired) electrons. The maximum Gasteiger partial charge on any atom is 0.247 e. The molecule has 4 nitrogen and oxygen atoms in total. The minimum absolute atomic E-state index is 0.0905. The molecule has 21 heavy (non-hydrogen) atoms. The summed E-state index contributed by atoms with van der Waals surface area (Å²) in [5.41, 5.74) is 2.05. The van der Waals surface area contributed by atoms with Crippen molar-refractivity contribution in [2.75, 3.05) is 7.05 Å². The maximum absolute atomic E-state index is 12.5. The van der Waals surface area contributed by atoms with Crippen molar-refractivity contribution < 1.29 is 12.8 Å². The molecule has 0 atom stereocenters. The second-order valence-corrected chi connectivity index (χ2v) is 7.73. The third-order valence-corrected chi connectivity index (χ3v) is 5.98. The molecule has 2 rings (SSSR count). The van der Waals surface area contributed by atoms with Crippen LogP contribution in [0.2, 0.25) is 0 Å². The number of aryl methyl sites for hydroxylation is 1. The van der Waals surface area contributed by atoms with Crippen molar-refractivity contribution in [3.8, 4) is 0 Å². The summed E-state index contributed by atoms with van der Waals surface area (Å²) >= 11 is 8.79. The summed E-state index contributed by atoms with van der Waals surface area (Å²) in [4.78, 5) is 0.0905. The van der Waals surface area contributed by atoms with Gasteiger partial charge in [-0.1, -0.05) is 29.8 Å². The van der Waals surface area contributed by atoms with Gasteiger partial charge in [-0.3, -0.25) is 0 Å². The van der Waals surface area contributed by atoms with E-state index in [2.05, 4.69) is 15.9 Å². The van der Waals surface area contributed by atoms with Crippen LogP contribution in [0.3, 0.4) is 0 Å². The Kier molecular flexibility index (Phi) is 5.14. The molecule has 0 aliphatic carbocycles. The van der Waals surface area contributed by atoms with Crippen LogP contribution in [0.5, 0.6) is 0 Å². The van der Waals surface area contributed by atoms with E-state index in [0.717, 1.165) is 11.1 Å². The first kappa shape index (κ1) is 16.5. The Morgan fingerprint density at radius 3 is 2.43 bits per heavy atom. The molecule has 1 heterocycles. The molecule has 0 unspecified atom stereocenters. The van der Waals surface area contributed by atoms with Gasteiger partial charge in [0.05, 0.1) is 5.88 Å². The Labute approximate surface area is 137 Å². The van der Waals surface area contributed by atoms with Crippen molar-refractivity contribution in [1.29, 1.82) is 0 Å². The van der Waals surface area contributed by atoms with Crippen LogP contribution in [0.4, 0.5) is 0 Å². The van der Waals surface area contributed by atoms with E-state index in [1.165, 1.54) is 17.4 Å². The standard InChI is InChI=1S/C14H15BrClNO3S/c1-10-3-5-11(6-4-10)9-17(2)21(18,19)13-7-12(8-16)20-14(13)15/h3-7H,8-9H2,1-2H3. The number of hydrogen-bond donors (Lipinski definition) is 0. The molecular weight excluding hydrogens is 378 g/mol. The van der Waals surface area contributed by atoms with E-state index in [9.17, 15) is 8.42 Å². The largest absolute Gasteiger partial charge is 0.452 e. The molecule has 1 aromatic carbocycles. The zero-order valence-corrected chi connectivity index (χ0v) is 14.8. The van der Waals surface area contributed by atoms with Crippen LogP contribution in [-0.4, -0.2) is 19.8 Å². The topological polar surface area (TPSA) is 50.5 Å². The van der Waals surface area contributed by atoms with Crippen molar-refractivity contribution in [3.05, 3.63) is 51.9 Å². The van der Waals surface area contributed by atoms with Gasteiger partial charge in [-0.15, -0.1) is 11.6 Å². The lowest BCUT2D eigenvalue weighted by atomic mass is 10.1. The normalized spacial score (nSPS) is 12.0. The first-order chi connectivity index (χ1) is 9.84. The second-order valence-electron chi connectivity index (χ2n) is 4.73. The summed E-state index contributed by atoms with van der Waals surface area (Å²) in [5, 5.41) is 0. The van der Waals surface area contributed by atoms with Gasteiger partial charge in [-0.05, 0) is 28.4 Å². The lowest BCUT2D eigenvalue weighted by molar-refractivity contribution is 0.460. The van der Waals surface area contributed by atoms with E-state index in [1.54, 1.807) is 0 Å². The van der Waals surface area contributed by atoms with Crippen LogP contribution in [0.1, 0.15) is 16.9 Å². The SMILES string of the molecule is Cc1ccc(CN(C)S(=O)(=O)c2cc(CCl)oc2Br)cc1. The molecule has 7 heteroatoms. The third-order valence-electron chi connectivity index (χ3n) is 3.05. The molecule has 1 aromatic heterocycles. The first-order valence-electron chi connectivity index (χ1n) is 6.20. The zero-order chi connectivity index (χ0) is 15.6. The van der Waals surface area contributed by atoms with E-state index in [4.69, 9.17) is 16.0 Å². The van der Waals surface area contributed by atoms with Gasteiger partial charge in [-0.25, -0.2) is 8.42 Å². The van der Waals surface area contributed by atoms with Crippen LogP contribution in [0, 0.1) is 6.92 Å². The van der Waals surface area contributed by atoms with Gasteiger partial charge < -0.3 is 4.42 Å². The van der Waals surface area contributed by atoms with E-state index in [1.807, 2.05) is 31.2 Å². The Morgan fingerprint density at radius 2 is 1.90 bits per heavy atom. The van der Waals surface area contributed by atoms with Gasteiger partial charge in [0.1, 0.15) is 10.7 Å². The Balaban J connectivity index is 2.25. The van der Waals surface area contributed by atoms with E-state index < -0.39 is 10.0 Å². The smallest absolute Gasteiger partial charge is 0.247 e. The Hall–Kier alpha value is -0.820. The molecule has 0 aliphatic rings. The highest BCUT2D eigenvalue weighted by Gasteiger charge is 2.27. The van der Waals surface area contributed by atoms with Gasteiger partial charge in [0.2, 0.25) is 10.0 Å². The number of benzene rings is 1. The maximum atomic E-state index is 12.5. The summed E-state index contributed by atoms with van der Waals surface area (Å²) in [5.74, 6) is 0.529. The summed E-state index contributed by atoms with van der Waals surface area (Å²) in [6, 6.07) is 9.17. The van der Waals surface area contributed by atoms with Crippen LogP contribution in [-0.2, 0) is 22.4 Å². The van der Waals surface area contributed by atoms with Crippen molar-refractivity contribution in [2.24, 2.45) is 0 Å². The zero-order valence-electron chi connectivity index (χ0n) is 11.6. The molecule has 0 amide bonds. The number of rotatable bonds is 5. The van der Waals surface area contributed by atoms with E-state index in [-0.39, 0.29) is 22.0 Å². The molecule has 0 saturated carbocycles. The predicted octanol–water partition coefficient (Wildman–Crippen LogP) is 3.91. The quantitative estimate of drug-likeness (QED) is 0.725. The van der Waals surface area contributed by atoms with Gasteiger partial charge >= 0.3 is 0 Å². The number of nitrogens with zero attached hydrogens (tertiary/aromatic N) is 1. The molecule has 0 bridgehead atoms. The molecule has 0 spiro atoms. The molecule has 114 valence electrons. The van der Waals surface area contributed by atoms with Crippen molar-refractivity contribution in [1.82, 2.24) is 4.31 Å². The fourth-order valence-corrected chi connectivity index (χ4v) is 4.09. The highest BCUT2D eigenvalue weighted by molar-refractivity contribution is 9.10. The van der Waals surface area contributed by atoms with E-state index in [0.29, 0.717) is 5.76 Å².